The first-order valence-electron chi connectivity index (χ1n) is 3.60. The molecule has 0 amide bonds. The summed E-state index contributed by atoms with van der Waals surface area (Å²) in [5, 5.41) is 0. The molecule has 2 aliphatic carbocycles. The number of fused-ring (bicyclic) bond motifs is 5. The third-order valence-corrected chi connectivity index (χ3v) is 3.00. The molecule has 0 aromatic carbocycles. The molecule has 8 heavy (non-hydrogen) atoms. The molecule has 4 atom stereocenters. The minimum atomic E-state index is 0.744. The van der Waals surface area contributed by atoms with Crippen molar-refractivity contribution in [1.82, 2.24) is 0 Å². The Morgan fingerprint density at radius 2 is 1.62 bits per heavy atom. The van der Waals surface area contributed by atoms with Crippen LogP contribution in [-0.4, -0.2) is 12.2 Å². The van der Waals surface area contributed by atoms with Gasteiger partial charge >= 0.3 is 0 Å². The lowest BCUT2D eigenvalue weighted by molar-refractivity contribution is 0.264. The third kappa shape index (κ3) is 0.278. The van der Waals surface area contributed by atoms with Gasteiger partial charge in [0.05, 0.1) is 12.2 Å². The average Bonchev–Trinajstić information content (AvgIpc) is 2.39. The van der Waals surface area contributed by atoms with Gasteiger partial charge in [0.1, 0.15) is 0 Å². The lowest BCUT2D eigenvalue weighted by Crippen LogP contribution is -2.04. The topological polar surface area (TPSA) is 12.5 Å². The Labute approximate surface area is 49.0 Å². The zero-order valence-electron chi connectivity index (χ0n) is 4.84. The van der Waals surface area contributed by atoms with E-state index in [-0.39, 0.29) is 0 Å². The molecule has 1 nitrogen and oxygen atoms in total. The summed E-state index contributed by atoms with van der Waals surface area (Å²) in [4.78, 5) is 0. The summed E-state index contributed by atoms with van der Waals surface area (Å²) in [6.07, 6.45) is 5.91. The van der Waals surface area contributed by atoms with Gasteiger partial charge in [0.2, 0.25) is 0 Å². The van der Waals surface area contributed by atoms with Gasteiger partial charge in [-0.25, -0.2) is 0 Å². The van der Waals surface area contributed by atoms with Crippen molar-refractivity contribution in [3.8, 4) is 0 Å². The van der Waals surface area contributed by atoms with Crippen LogP contribution in [0.2, 0.25) is 0 Å². The minimum absolute atomic E-state index is 0.744. The van der Waals surface area contributed by atoms with E-state index < -0.39 is 0 Å². The van der Waals surface area contributed by atoms with Crippen molar-refractivity contribution in [3.63, 3.8) is 0 Å². The smallest absolute Gasteiger partial charge is 0.0872 e. The molecule has 0 N–H and O–H groups in total. The van der Waals surface area contributed by atoms with Crippen molar-refractivity contribution in [2.45, 2.75) is 31.5 Å². The van der Waals surface area contributed by atoms with Crippen molar-refractivity contribution >= 4 is 0 Å². The summed E-state index contributed by atoms with van der Waals surface area (Å²) in [5.41, 5.74) is 0. The van der Waals surface area contributed by atoms with E-state index in [2.05, 4.69) is 0 Å². The van der Waals surface area contributed by atoms with Gasteiger partial charge in [-0.05, 0) is 31.1 Å². The van der Waals surface area contributed by atoms with E-state index in [1.807, 2.05) is 0 Å². The van der Waals surface area contributed by atoms with Gasteiger partial charge in [-0.1, -0.05) is 0 Å². The maximum atomic E-state index is 5.44. The van der Waals surface area contributed by atoms with Crippen LogP contribution in [0.15, 0.2) is 0 Å². The molecule has 1 heterocycles. The predicted molar refractivity (Wildman–Crippen MR) is 29.5 cm³/mol. The van der Waals surface area contributed by atoms with Crippen LogP contribution < -0.4 is 0 Å². The fourth-order valence-corrected chi connectivity index (χ4v) is 2.54. The summed E-state index contributed by atoms with van der Waals surface area (Å²) in [7, 11) is 0. The zero-order chi connectivity index (χ0) is 5.14. The molecule has 3 aliphatic rings. The number of epoxide rings is 1. The van der Waals surface area contributed by atoms with E-state index in [4.69, 9.17) is 4.74 Å². The third-order valence-electron chi connectivity index (χ3n) is 3.00. The lowest BCUT2D eigenvalue weighted by atomic mass is 10.0. The monoisotopic (exact) mass is 110 g/mol. The summed E-state index contributed by atoms with van der Waals surface area (Å²) < 4.78 is 5.44. The Bertz CT molecular complexity index is 118. The maximum Gasteiger partial charge on any atom is 0.0872 e. The highest BCUT2D eigenvalue weighted by molar-refractivity contribution is 5.07. The molecule has 0 radical (unpaired) electrons. The Morgan fingerprint density at radius 1 is 1.00 bits per heavy atom. The van der Waals surface area contributed by atoms with Crippen LogP contribution >= 0.6 is 0 Å². The van der Waals surface area contributed by atoms with Crippen LogP contribution in [0.4, 0.5) is 0 Å². The summed E-state index contributed by atoms with van der Waals surface area (Å²) >= 11 is 0. The van der Waals surface area contributed by atoms with Crippen molar-refractivity contribution in [1.29, 1.82) is 0 Å². The molecule has 1 saturated heterocycles. The number of hydrogen-bond acceptors (Lipinski definition) is 1. The Balaban J connectivity index is 2.02. The Kier molecular flexibility index (Phi) is 0.472. The predicted octanol–water partition coefficient (Wildman–Crippen LogP) is 1.18. The molecule has 44 valence electrons. The maximum absolute atomic E-state index is 5.44. The lowest BCUT2D eigenvalue weighted by Gasteiger charge is -1.99. The SMILES string of the molecule is C1C[C@H]2C[C@H]1[C@H]1O[C@H]21. The summed E-state index contributed by atoms with van der Waals surface area (Å²) in [5.74, 6) is 1.98. The van der Waals surface area contributed by atoms with E-state index in [0.29, 0.717) is 0 Å². The number of rotatable bonds is 0. The second kappa shape index (κ2) is 0.971. The standard InChI is InChI=1S/C7H10O/c1-2-5-3-4(1)6-7(5)8-6/h4-7H,1-3H2/t4-,5-,6+,7+/m0/s1. The highest BCUT2D eigenvalue weighted by atomic mass is 16.6. The summed E-state index contributed by atoms with van der Waals surface area (Å²) in [6, 6.07) is 0. The molecule has 2 saturated carbocycles. The van der Waals surface area contributed by atoms with Crippen LogP contribution in [0.3, 0.4) is 0 Å². The van der Waals surface area contributed by atoms with E-state index in [0.717, 1.165) is 24.0 Å². The van der Waals surface area contributed by atoms with Gasteiger partial charge in [0.15, 0.2) is 0 Å². The normalized spacial score (nSPS) is 66.0. The van der Waals surface area contributed by atoms with Crippen LogP contribution in [0, 0.1) is 11.8 Å². The first-order chi connectivity index (χ1) is 3.95. The molecule has 0 aromatic rings. The zero-order valence-corrected chi connectivity index (χ0v) is 4.84. The fraction of sp³-hybridized carbons (Fsp3) is 1.00. The van der Waals surface area contributed by atoms with Crippen molar-refractivity contribution < 1.29 is 4.74 Å². The second-order valence-corrected chi connectivity index (χ2v) is 3.40. The molecular weight excluding hydrogens is 100 g/mol. The van der Waals surface area contributed by atoms with E-state index in [1.54, 1.807) is 0 Å². The molecule has 2 bridgehead atoms. The molecule has 3 rings (SSSR count). The van der Waals surface area contributed by atoms with Gasteiger partial charge in [-0.2, -0.15) is 0 Å². The molecule has 0 unspecified atom stereocenters. The molecule has 1 aliphatic heterocycles. The van der Waals surface area contributed by atoms with Gasteiger partial charge in [0, 0.05) is 0 Å². The Morgan fingerprint density at radius 3 is 2.00 bits per heavy atom. The van der Waals surface area contributed by atoms with Gasteiger partial charge in [-0.15, -0.1) is 0 Å². The van der Waals surface area contributed by atoms with E-state index >= 15 is 0 Å². The second-order valence-electron chi connectivity index (χ2n) is 3.40. The van der Waals surface area contributed by atoms with Gasteiger partial charge < -0.3 is 4.74 Å². The van der Waals surface area contributed by atoms with Crippen LogP contribution in [0.25, 0.3) is 0 Å². The van der Waals surface area contributed by atoms with Crippen LogP contribution in [0.5, 0.6) is 0 Å². The quantitative estimate of drug-likeness (QED) is 0.427. The fourth-order valence-electron chi connectivity index (χ4n) is 2.54. The Hall–Kier alpha value is -0.0400. The molecular formula is C7H10O. The largest absolute Gasteiger partial charge is 0.369 e. The van der Waals surface area contributed by atoms with Crippen LogP contribution in [-0.2, 0) is 4.74 Å². The van der Waals surface area contributed by atoms with Crippen molar-refractivity contribution in [2.24, 2.45) is 11.8 Å². The van der Waals surface area contributed by atoms with Crippen molar-refractivity contribution in [2.75, 3.05) is 0 Å². The first kappa shape index (κ1) is 3.89. The van der Waals surface area contributed by atoms with Crippen molar-refractivity contribution in [3.05, 3.63) is 0 Å². The number of hydrogen-bond donors (Lipinski definition) is 0. The van der Waals surface area contributed by atoms with E-state index in [9.17, 15) is 0 Å². The minimum Gasteiger partial charge on any atom is -0.369 e. The van der Waals surface area contributed by atoms with E-state index in [1.165, 1.54) is 19.3 Å². The van der Waals surface area contributed by atoms with Gasteiger partial charge in [0.25, 0.3) is 0 Å². The highest BCUT2D eigenvalue weighted by Crippen LogP contribution is 2.55. The first-order valence-corrected chi connectivity index (χ1v) is 3.60. The number of ether oxygens (including phenoxy) is 1. The van der Waals surface area contributed by atoms with Gasteiger partial charge in [-0.3, -0.25) is 0 Å². The molecule has 1 heteroatoms. The highest BCUT2D eigenvalue weighted by Gasteiger charge is 2.59. The average molecular weight is 110 g/mol. The molecule has 3 fully saturated rings. The molecule has 0 aromatic heterocycles. The summed E-state index contributed by atoms with van der Waals surface area (Å²) in [6.45, 7) is 0. The van der Waals surface area contributed by atoms with Crippen LogP contribution in [0.1, 0.15) is 19.3 Å². The molecule has 0 spiro atoms.